The summed E-state index contributed by atoms with van der Waals surface area (Å²) in [5, 5.41) is 11.9. The normalized spacial score (nSPS) is 11.5. The Kier molecular flexibility index (Phi) is 6.71. The summed E-state index contributed by atoms with van der Waals surface area (Å²) in [7, 11) is 1.51. The van der Waals surface area contributed by atoms with Crippen LogP contribution in [0.15, 0.2) is 42.5 Å². The summed E-state index contributed by atoms with van der Waals surface area (Å²) in [6.07, 6.45) is -0.0583. The zero-order chi connectivity index (χ0) is 20.0. The van der Waals surface area contributed by atoms with E-state index in [9.17, 15) is 19.5 Å². The highest BCUT2D eigenvalue weighted by Gasteiger charge is 2.22. The Balaban J connectivity index is 2.00. The number of Topliss-reactive ketones (excluding diaryl/α,β-unsaturated/α-hetero) is 1. The third-order valence-corrected chi connectivity index (χ3v) is 4.27. The molecule has 0 saturated carbocycles. The van der Waals surface area contributed by atoms with Crippen LogP contribution in [0.3, 0.4) is 0 Å². The number of carboxylic acids is 1. The second-order valence-corrected chi connectivity index (χ2v) is 6.35. The summed E-state index contributed by atoms with van der Waals surface area (Å²) < 4.78 is 5.04. The third-order valence-electron chi connectivity index (χ3n) is 4.27. The summed E-state index contributed by atoms with van der Waals surface area (Å²) >= 11 is 0. The summed E-state index contributed by atoms with van der Waals surface area (Å²) in [5.74, 6) is -1.21. The lowest BCUT2D eigenvalue weighted by molar-refractivity contribution is -0.142. The fourth-order valence-corrected chi connectivity index (χ4v) is 2.72. The Labute approximate surface area is 158 Å². The van der Waals surface area contributed by atoms with Crippen LogP contribution in [0.1, 0.15) is 45.9 Å². The molecular weight excluding hydrogens is 346 g/mol. The topological polar surface area (TPSA) is 92.7 Å². The fraction of sp³-hybridized carbons (Fsp3) is 0.286. The van der Waals surface area contributed by atoms with E-state index in [1.165, 1.54) is 7.11 Å². The van der Waals surface area contributed by atoms with E-state index in [2.05, 4.69) is 5.32 Å². The van der Waals surface area contributed by atoms with E-state index in [1.54, 1.807) is 30.3 Å². The first kappa shape index (κ1) is 20.2. The van der Waals surface area contributed by atoms with Crippen LogP contribution in [0.4, 0.5) is 0 Å². The van der Waals surface area contributed by atoms with E-state index in [1.807, 2.05) is 26.0 Å². The lowest BCUT2D eigenvalue weighted by atomic mass is 9.99. The van der Waals surface area contributed by atoms with Gasteiger partial charge in [0.25, 0.3) is 0 Å². The summed E-state index contributed by atoms with van der Waals surface area (Å²) in [6, 6.07) is 10.8. The van der Waals surface area contributed by atoms with Gasteiger partial charge in [-0.2, -0.15) is 0 Å². The molecule has 0 heterocycles. The molecule has 2 aromatic rings. The lowest BCUT2D eigenvalue weighted by Gasteiger charge is -2.15. The number of hydrogen-bond donors (Lipinski definition) is 2. The van der Waals surface area contributed by atoms with Crippen molar-refractivity contribution in [2.24, 2.45) is 0 Å². The third kappa shape index (κ3) is 5.41. The number of rotatable bonds is 8. The predicted molar refractivity (Wildman–Crippen MR) is 101 cm³/mol. The maximum Gasteiger partial charge on any atom is 0.330 e. The standard InChI is InChI=1S/C21H23NO5/c1-13-4-5-14(2)17(12-13)18(23)10-11-19(24)22-20(21(25)26)15-6-8-16(27-3)9-7-15/h4-9,12,20H,10-11H2,1-3H3,(H,22,24)(H,25,26). The molecule has 6 nitrogen and oxygen atoms in total. The van der Waals surface area contributed by atoms with Gasteiger partial charge < -0.3 is 15.2 Å². The Bertz CT molecular complexity index is 842. The van der Waals surface area contributed by atoms with Crippen molar-refractivity contribution in [2.75, 3.05) is 7.11 Å². The van der Waals surface area contributed by atoms with Gasteiger partial charge in [0.05, 0.1) is 7.11 Å². The Hall–Kier alpha value is -3.15. The van der Waals surface area contributed by atoms with Crippen LogP contribution in [-0.4, -0.2) is 29.9 Å². The van der Waals surface area contributed by atoms with Gasteiger partial charge in [0, 0.05) is 18.4 Å². The van der Waals surface area contributed by atoms with E-state index < -0.39 is 17.9 Å². The molecule has 2 N–H and O–H groups in total. The smallest absolute Gasteiger partial charge is 0.330 e. The maximum atomic E-state index is 12.4. The molecule has 0 aromatic heterocycles. The molecule has 0 aliphatic carbocycles. The van der Waals surface area contributed by atoms with Gasteiger partial charge in [-0.3, -0.25) is 9.59 Å². The molecule has 0 fully saturated rings. The van der Waals surface area contributed by atoms with Crippen molar-refractivity contribution in [1.29, 1.82) is 0 Å². The Morgan fingerprint density at radius 3 is 2.30 bits per heavy atom. The largest absolute Gasteiger partial charge is 0.497 e. The summed E-state index contributed by atoms with van der Waals surface area (Å²) in [5.41, 5.74) is 2.84. The average Bonchev–Trinajstić information content (AvgIpc) is 2.66. The zero-order valence-electron chi connectivity index (χ0n) is 15.6. The molecule has 1 unspecified atom stereocenters. The van der Waals surface area contributed by atoms with Crippen molar-refractivity contribution in [3.05, 3.63) is 64.7 Å². The van der Waals surface area contributed by atoms with Crippen molar-refractivity contribution in [3.63, 3.8) is 0 Å². The summed E-state index contributed by atoms with van der Waals surface area (Å²) in [6.45, 7) is 3.74. The molecule has 0 bridgehead atoms. The average molecular weight is 369 g/mol. The van der Waals surface area contributed by atoms with Crippen molar-refractivity contribution in [3.8, 4) is 5.75 Å². The molecule has 1 amide bonds. The Morgan fingerprint density at radius 1 is 1.04 bits per heavy atom. The first-order chi connectivity index (χ1) is 12.8. The fourth-order valence-electron chi connectivity index (χ4n) is 2.72. The molecule has 1 atom stereocenters. The quantitative estimate of drug-likeness (QED) is 0.697. The zero-order valence-corrected chi connectivity index (χ0v) is 15.6. The number of ketones is 1. The number of aryl methyl sites for hydroxylation is 2. The molecule has 27 heavy (non-hydrogen) atoms. The van der Waals surface area contributed by atoms with E-state index >= 15 is 0 Å². The molecule has 2 aromatic carbocycles. The molecular formula is C21H23NO5. The van der Waals surface area contributed by atoms with Crippen LogP contribution in [0.25, 0.3) is 0 Å². The molecule has 0 aliphatic heterocycles. The van der Waals surface area contributed by atoms with Crippen LogP contribution in [-0.2, 0) is 9.59 Å². The predicted octanol–water partition coefficient (Wildman–Crippen LogP) is 3.22. The number of carbonyl (C=O) groups is 3. The first-order valence-corrected chi connectivity index (χ1v) is 8.58. The van der Waals surface area contributed by atoms with Gasteiger partial charge in [0.2, 0.25) is 5.91 Å². The van der Waals surface area contributed by atoms with Gasteiger partial charge >= 0.3 is 5.97 Å². The van der Waals surface area contributed by atoms with Gasteiger partial charge in [0.1, 0.15) is 5.75 Å². The SMILES string of the molecule is COc1ccc(C(NC(=O)CCC(=O)c2cc(C)ccc2C)C(=O)O)cc1. The molecule has 142 valence electrons. The van der Waals surface area contributed by atoms with Crippen molar-refractivity contribution in [2.45, 2.75) is 32.7 Å². The molecule has 0 spiro atoms. The minimum absolute atomic E-state index is 0.0189. The van der Waals surface area contributed by atoms with E-state index in [0.29, 0.717) is 16.9 Å². The van der Waals surface area contributed by atoms with Crippen molar-refractivity contribution >= 4 is 17.7 Å². The van der Waals surface area contributed by atoms with E-state index in [0.717, 1.165) is 11.1 Å². The monoisotopic (exact) mass is 369 g/mol. The molecule has 0 aliphatic rings. The molecule has 0 radical (unpaired) electrons. The maximum absolute atomic E-state index is 12.4. The number of hydrogen-bond acceptors (Lipinski definition) is 4. The van der Waals surface area contributed by atoms with Gasteiger partial charge in [-0.1, -0.05) is 29.8 Å². The van der Waals surface area contributed by atoms with E-state index in [4.69, 9.17) is 4.74 Å². The number of methoxy groups -OCH3 is 1. The molecule has 2 rings (SSSR count). The summed E-state index contributed by atoms with van der Waals surface area (Å²) in [4.78, 5) is 36.1. The number of aliphatic carboxylic acids is 1. The van der Waals surface area contributed by atoms with Crippen LogP contribution >= 0.6 is 0 Å². The lowest BCUT2D eigenvalue weighted by Crippen LogP contribution is -2.33. The second-order valence-electron chi connectivity index (χ2n) is 6.35. The number of ether oxygens (including phenoxy) is 1. The number of benzene rings is 2. The van der Waals surface area contributed by atoms with Gasteiger partial charge in [-0.05, 0) is 43.2 Å². The Morgan fingerprint density at radius 2 is 1.70 bits per heavy atom. The number of nitrogens with one attached hydrogen (secondary N) is 1. The van der Waals surface area contributed by atoms with Crippen LogP contribution in [0.5, 0.6) is 5.75 Å². The highest BCUT2D eigenvalue weighted by molar-refractivity contribution is 5.99. The van der Waals surface area contributed by atoms with Crippen LogP contribution < -0.4 is 10.1 Å². The van der Waals surface area contributed by atoms with E-state index in [-0.39, 0.29) is 18.6 Å². The highest BCUT2D eigenvalue weighted by Crippen LogP contribution is 2.19. The number of amides is 1. The number of carboxylic acid groups (broad SMARTS) is 1. The number of carbonyl (C=O) groups excluding carboxylic acids is 2. The minimum Gasteiger partial charge on any atom is -0.497 e. The highest BCUT2D eigenvalue weighted by atomic mass is 16.5. The second kappa shape index (κ2) is 8.98. The first-order valence-electron chi connectivity index (χ1n) is 8.58. The van der Waals surface area contributed by atoms with Crippen molar-refractivity contribution in [1.82, 2.24) is 5.32 Å². The molecule has 0 saturated heterocycles. The van der Waals surface area contributed by atoms with Gasteiger partial charge in [0.15, 0.2) is 11.8 Å². The van der Waals surface area contributed by atoms with Crippen LogP contribution in [0.2, 0.25) is 0 Å². The minimum atomic E-state index is -1.18. The van der Waals surface area contributed by atoms with Crippen molar-refractivity contribution < 1.29 is 24.2 Å². The van der Waals surface area contributed by atoms with Crippen LogP contribution in [0, 0.1) is 13.8 Å². The molecule has 6 heteroatoms. The van der Waals surface area contributed by atoms with Gasteiger partial charge in [-0.25, -0.2) is 4.79 Å². The van der Waals surface area contributed by atoms with Gasteiger partial charge in [-0.15, -0.1) is 0 Å².